The van der Waals surface area contributed by atoms with Crippen molar-refractivity contribution in [2.45, 2.75) is 12.8 Å². The lowest BCUT2D eigenvalue weighted by atomic mass is 9.98. The molecule has 0 atom stereocenters. The van der Waals surface area contributed by atoms with E-state index in [0.29, 0.717) is 5.82 Å². The third-order valence-electron chi connectivity index (χ3n) is 9.38. The van der Waals surface area contributed by atoms with E-state index < -0.39 is 0 Å². The molecule has 0 saturated heterocycles. The Bertz CT molecular complexity index is 2460. The predicted molar refractivity (Wildman–Crippen MR) is 201 cm³/mol. The van der Waals surface area contributed by atoms with Gasteiger partial charge >= 0.3 is 0 Å². The molecule has 0 bridgehead atoms. The molecule has 5 aromatic carbocycles. The van der Waals surface area contributed by atoms with Gasteiger partial charge in [0.2, 0.25) is 0 Å². The van der Waals surface area contributed by atoms with Gasteiger partial charge in [0.15, 0.2) is 5.82 Å². The molecule has 0 radical (unpaired) electrons. The number of benzene rings is 5. The van der Waals surface area contributed by atoms with E-state index in [-0.39, 0.29) is 0 Å². The molecule has 1 aliphatic rings. The van der Waals surface area contributed by atoms with Gasteiger partial charge < -0.3 is 4.57 Å². The van der Waals surface area contributed by atoms with Crippen molar-refractivity contribution in [1.29, 1.82) is 0 Å². The maximum Gasteiger partial charge on any atom is 0.160 e. The lowest BCUT2D eigenvalue weighted by Crippen LogP contribution is -2.04. The van der Waals surface area contributed by atoms with Crippen LogP contribution in [0.15, 0.2) is 164 Å². The van der Waals surface area contributed by atoms with Gasteiger partial charge in [-0.1, -0.05) is 115 Å². The summed E-state index contributed by atoms with van der Waals surface area (Å²) >= 11 is 0. The van der Waals surface area contributed by atoms with Crippen LogP contribution in [-0.2, 0) is 6.42 Å². The van der Waals surface area contributed by atoms with Crippen LogP contribution in [0.1, 0.15) is 17.7 Å². The number of hydrogen-bond acceptors (Lipinski definition) is 3. The number of para-hydroxylation sites is 1. The van der Waals surface area contributed by atoms with Crippen LogP contribution in [0.4, 0.5) is 0 Å². The van der Waals surface area contributed by atoms with Crippen LogP contribution in [0.5, 0.6) is 0 Å². The van der Waals surface area contributed by atoms with Crippen LogP contribution in [0, 0.1) is 0 Å². The Labute approximate surface area is 285 Å². The van der Waals surface area contributed by atoms with Crippen LogP contribution in [0.25, 0.3) is 78.8 Å². The molecule has 9 rings (SSSR count). The van der Waals surface area contributed by atoms with Crippen molar-refractivity contribution >= 4 is 17.0 Å². The monoisotopic (exact) mass is 628 g/mol. The summed E-state index contributed by atoms with van der Waals surface area (Å²) in [7, 11) is 0. The number of hydrogen-bond donors (Lipinski definition) is 0. The van der Waals surface area contributed by atoms with Gasteiger partial charge in [-0.15, -0.1) is 0 Å². The minimum absolute atomic E-state index is 0.699. The van der Waals surface area contributed by atoms with Crippen molar-refractivity contribution in [2.75, 3.05) is 0 Å². The Balaban J connectivity index is 1.26. The zero-order valence-corrected chi connectivity index (χ0v) is 26.9. The second kappa shape index (κ2) is 12.3. The standard InChI is InChI=1S/C45H32N4/c1-3-11-31(12-4-1)32-19-21-34(22-20-32)41-30-42(48-45(47-41)35-13-5-2-6-14-35)37-27-36(33-23-25-46-26-24-33)28-38(29-37)49-43-17-9-7-15-39(43)40-16-8-10-18-44(40)49/h1-9,11-17,19-30H,10,18H2. The van der Waals surface area contributed by atoms with E-state index in [1.807, 2.05) is 36.7 Å². The highest BCUT2D eigenvalue weighted by atomic mass is 15.0. The largest absolute Gasteiger partial charge is 0.313 e. The first-order chi connectivity index (χ1) is 24.3. The fourth-order valence-corrected chi connectivity index (χ4v) is 6.99. The highest BCUT2D eigenvalue weighted by molar-refractivity contribution is 5.94. The molecule has 0 spiro atoms. The highest BCUT2D eigenvalue weighted by Gasteiger charge is 2.20. The third kappa shape index (κ3) is 5.43. The number of nitrogens with zero attached hydrogens (tertiary/aromatic N) is 4. The fourth-order valence-electron chi connectivity index (χ4n) is 6.99. The molecule has 1 aliphatic carbocycles. The number of aromatic nitrogens is 4. The maximum absolute atomic E-state index is 5.23. The lowest BCUT2D eigenvalue weighted by molar-refractivity contribution is 0.889. The molecule has 0 fully saturated rings. The molecule has 49 heavy (non-hydrogen) atoms. The van der Waals surface area contributed by atoms with Gasteiger partial charge in [0.05, 0.1) is 16.9 Å². The van der Waals surface area contributed by atoms with E-state index in [1.54, 1.807) is 0 Å². The van der Waals surface area contributed by atoms with Gasteiger partial charge in [-0.05, 0) is 77.6 Å². The van der Waals surface area contributed by atoms with Gasteiger partial charge in [0, 0.05) is 51.4 Å². The van der Waals surface area contributed by atoms with Gasteiger partial charge in [-0.3, -0.25) is 4.98 Å². The summed E-state index contributed by atoms with van der Waals surface area (Å²) in [4.78, 5) is 14.7. The molecule has 3 heterocycles. The molecule has 4 nitrogen and oxygen atoms in total. The van der Waals surface area contributed by atoms with E-state index in [9.17, 15) is 0 Å². The Morgan fingerprint density at radius 1 is 0.490 bits per heavy atom. The topological polar surface area (TPSA) is 43.6 Å². The van der Waals surface area contributed by atoms with E-state index in [2.05, 4.69) is 143 Å². The summed E-state index contributed by atoms with van der Waals surface area (Å²) in [6, 6.07) is 51.2. The van der Waals surface area contributed by atoms with E-state index in [0.717, 1.165) is 57.7 Å². The van der Waals surface area contributed by atoms with E-state index in [4.69, 9.17) is 9.97 Å². The summed E-state index contributed by atoms with van der Waals surface area (Å²) in [5.41, 5.74) is 14.4. The Hall–Kier alpha value is -6.39. The van der Waals surface area contributed by atoms with Crippen LogP contribution in [0.3, 0.4) is 0 Å². The third-order valence-corrected chi connectivity index (χ3v) is 9.38. The van der Waals surface area contributed by atoms with Gasteiger partial charge in [-0.25, -0.2) is 9.97 Å². The number of rotatable bonds is 6. The zero-order valence-electron chi connectivity index (χ0n) is 26.9. The highest BCUT2D eigenvalue weighted by Crippen LogP contribution is 2.38. The van der Waals surface area contributed by atoms with E-state index in [1.165, 1.54) is 33.3 Å². The summed E-state index contributed by atoms with van der Waals surface area (Å²) in [6.07, 6.45) is 10.3. The summed E-state index contributed by atoms with van der Waals surface area (Å²) < 4.78 is 2.45. The van der Waals surface area contributed by atoms with Crippen LogP contribution < -0.4 is 0 Å². The summed E-state index contributed by atoms with van der Waals surface area (Å²) in [6.45, 7) is 0. The summed E-state index contributed by atoms with van der Waals surface area (Å²) in [5.74, 6) is 0.699. The molecule has 0 unspecified atom stereocenters. The first-order valence-electron chi connectivity index (χ1n) is 16.7. The Morgan fingerprint density at radius 3 is 1.88 bits per heavy atom. The van der Waals surface area contributed by atoms with Crippen molar-refractivity contribution < 1.29 is 0 Å². The first-order valence-corrected chi connectivity index (χ1v) is 16.7. The fraction of sp³-hybridized carbons (Fsp3) is 0.0444. The molecular weight excluding hydrogens is 597 g/mol. The van der Waals surface area contributed by atoms with Crippen molar-refractivity contribution in [3.8, 4) is 61.8 Å². The number of allylic oxidation sites excluding steroid dienone is 1. The van der Waals surface area contributed by atoms with Crippen molar-refractivity contribution in [1.82, 2.24) is 19.5 Å². The average Bonchev–Trinajstić information content (AvgIpc) is 3.53. The van der Waals surface area contributed by atoms with Gasteiger partial charge in [-0.2, -0.15) is 0 Å². The Kier molecular flexibility index (Phi) is 7.25. The molecule has 0 amide bonds. The smallest absolute Gasteiger partial charge is 0.160 e. The molecule has 8 aromatic rings. The zero-order chi connectivity index (χ0) is 32.6. The molecule has 232 valence electrons. The van der Waals surface area contributed by atoms with Crippen molar-refractivity contribution in [3.63, 3.8) is 0 Å². The van der Waals surface area contributed by atoms with Crippen molar-refractivity contribution in [3.05, 3.63) is 175 Å². The minimum Gasteiger partial charge on any atom is -0.313 e. The van der Waals surface area contributed by atoms with Crippen LogP contribution in [-0.4, -0.2) is 19.5 Å². The van der Waals surface area contributed by atoms with E-state index >= 15 is 0 Å². The maximum atomic E-state index is 5.23. The molecule has 3 aromatic heterocycles. The minimum atomic E-state index is 0.699. The average molecular weight is 629 g/mol. The van der Waals surface area contributed by atoms with Gasteiger partial charge in [0.1, 0.15) is 0 Å². The van der Waals surface area contributed by atoms with Crippen molar-refractivity contribution in [2.24, 2.45) is 0 Å². The lowest BCUT2D eigenvalue weighted by Gasteiger charge is -2.17. The number of fused-ring (bicyclic) bond motifs is 3. The predicted octanol–water partition coefficient (Wildman–Crippen LogP) is 11.1. The second-order valence-electron chi connectivity index (χ2n) is 12.4. The van der Waals surface area contributed by atoms with Crippen LogP contribution >= 0.6 is 0 Å². The second-order valence-corrected chi connectivity index (χ2v) is 12.4. The molecule has 4 heteroatoms. The normalized spacial score (nSPS) is 12.2. The molecule has 0 aliphatic heterocycles. The Morgan fingerprint density at radius 2 is 1.10 bits per heavy atom. The molecular formula is C45H32N4. The van der Waals surface area contributed by atoms with Crippen LogP contribution in [0.2, 0.25) is 0 Å². The molecule has 0 saturated carbocycles. The number of pyridine rings is 1. The summed E-state index contributed by atoms with van der Waals surface area (Å²) in [5, 5.41) is 1.28. The van der Waals surface area contributed by atoms with Gasteiger partial charge in [0.25, 0.3) is 0 Å². The quantitative estimate of drug-likeness (QED) is 0.184. The first kappa shape index (κ1) is 28.8. The SMILES string of the molecule is C1=Cc2c(n(-c3cc(-c4ccncc4)cc(-c4cc(-c5ccc(-c6ccccc6)cc5)nc(-c5ccccc5)n4)c3)c3ccccc23)CC1. The molecule has 0 N–H and O–H groups in total.